The molecule has 1 amide bonds. The van der Waals surface area contributed by atoms with E-state index in [1.54, 1.807) is 40.5 Å². The number of hydrogen-bond donors (Lipinski definition) is 4. The van der Waals surface area contributed by atoms with Crippen LogP contribution < -0.4 is 16.0 Å². The van der Waals surface area contributed by atoms with Crippen molar-refractivity contribution in [1.29, 1.82) is 10.7 Å². The van der Waals surface area contributed by atoms with Gasteiger partial charge in [-0.2, -0.15) is 5.26 Å². The van der Waals surface area contributed by atoms with Crippen LogP contribution in [-0.2, 0) is 11.2 Å². The summed E-state index contributed by atoms with van der Waals surface area (Å²) in [6.07, 6.45) is 3.66. The Hall–Kier alpha value is -2.44. The van der Waals surface area contributed by atoms with Crippen LogP contribution in [0.5, 0.6) is 0 Å². The molecule has 1 aliphatic heterocycles. The second-order valence-electron chi connectivity index (χ2n) is 7.01. The number of nitriles is 1. The molecule has 1 saturated heterocycles. The molecule has 0 radical (unpaired) electrons. The van der Waals surface area contributed by atoms with Crippen LogP contribution in [0.15, 0.2) is 41.8 Å². The summed E-state index contributed by atoms with van der Waals surface area (Å²) in [5.74, 6) is 0.0518. The van der Waals surface area contributed by atoms with E-state index >= 15 is 0 Å². The number of nitrogens with one attached hydrogen (secondary N) is 4. The van der Waals surface area contributed by atoms with Crippen molar-refractivity contribution in [2.24, 2.45) is 0 Å². The van der Waals surface area contributed by atoms with Gasteiger partial charge in [0.2, 0.25) is 5.91 Å². The van der Waals surface area contributed by atoms with Gasteiger partial charge in [-0.1, -0.05) is 29.8 Å². The summed E-state index contributed by atoms with van der Waals surface area (Å²) in [5, 5.41) is 29.7. The van der Waals surface area contributed by atoms with Gasteiger partial charge in [0.15, 0.2) is 6.19 Å². The van der Waals surface area contributed by atoms with Crippen molar-refractivity contribution in [3.63, 3.8) is 0 Å². The van der Waals surface area contributed by atoms with Gasteiger partial charge in [0.1, 0.15) is 6.29 Å². The number of carbonyl (C=O) groups excluding carboxylic acids is 1. The smallest absolute Gasteiger partial charge is 0.223 e. The first-order valence-electron chi connectivity index (χ1n) is 9.86. The quantitative estimate of drug-likeness (QED) is 0.184. The minimum Gasteiger partial charge on any atom is -0.333 e. The third-order valence-electron chi connectivity index (χ3n) is 5.00. The topological polar surface area (TPSA) is 104 Å². The average molecular weight is 445 g/mol. The Bertz CT molecular complexity index is 880. The first kappa shape index (κ1) is 22.2. The van der Waals surface area contributed by atoms with Crippen molar-refractivity contribution < 1.29 is 4.79 Å². The number of hydrogen-bond acceptors (Lipinski definition) is 7. The Morgan fingerprint density at radius 1 is 1.30 bits per heavy atom. The molecule has 30 heavy (non-hydrogen) atoms. The summed E-state index contributed by atoms with van der Waals surface area (Å²) >= 11 is 7.67. The van der Waals surface area contributed by atoms with Crippen molar-refractivity contribution in [2.75, 3.05) is 19.6 Å². The van der Waals surface area contributed by atoms with Crippen LogP contribution >= 0.6 is 22.9 Å². The van der Waals surface area contributed by atoms with Crippen LogP contribution in [0.25, 0.3) is 0 Å². The van der Waals surface area contributed by atoms with Crippen LogP contribution in [0.4, 0.5) is 0 Å². The zero-order valence-corrected chi connectivity index (χ0v) is 18.1. The minimum atomic E-state index is -0.451. The summed E-state index contributed by atoms with van der Waals surface area (Å²) in [5.41, 5.74) is 1.07. The number of carbonyl (C=O) groups is 1. The molecule has 1 aromatic heterocycles. The van der Waals surface area contributed by atoms with Crippen LogP contribution in [0.2, 0.25) is 5.02 Å². The molecule has 0 saturated carbocycles. The molecule has 1 fully saturated rings. The molecule has 9 heteroatoms. The average Bonchev–Trinajstić information content (AvgIpc) is 3.40. The van der Waals surface area contributed by atoms with Gasteiger partial charge in [0.25, 0.3) is 0 Å². The highest BCUT2D eigenvalue weighted by molar-refractivity contribution is 7.09. The lowest BCUT2D eigenvalue weighted by molar-refractivity contribution is -0.128. The van der Waals surface area contributed by atoms with E-state index in [1.807, 2.05) is 17.6 Å². The predicted molar refractivity (Wildman–Crippen MR) is 120 cm³/mol. The molecule has 2 atom stereocenters. The number of nitrogens with zero attached hydrogens (tertiary/aromatic N) is 2. The van der Waals surface area contributed by atoms with Gasteiger partial charge in [-0.15, -0.1) is 11.3 Å². The maximum Gasteiger partial charge on any atom is 0.223 e. The summed E-state index contributed by atoms with van der Waals surface area (Å²) in [6, 6.07) is 10.7. The minimum absolute atomic E-state index is 0.0518. The zero-order chi connectivity index (χ0) is 21.3. The van der Waals surface area contributed by atoms with Crippen molar-refractivity contribution in [3.05, 3.63) is 57.2 Å². The fraction of sp³-hybridized carbons (Fsp3) is 0.381. The van der Waals surface area contributed by atoms with E-state index in [9.17, 15) is 4.79 Å². The molecule has 3 rings (SSSR count). The molecule has 2 aromatic rings. The van der Waals surface area contributed by atoms with E-state index in [0.717, 1.165) is 18.4 Å². The van der Waals surface area contributed by atoms with E-state index < -0.39 is 12.3 Å². The fourth-order valence-electron chi connectivity index (χ4n) is 3.45. The Kier molecular flexibility index (Phi) is 8.22. The summed E-state index contributed by atoms with van der Waals surface area (Å²) < 4.78 is 0. The van der Waals surface area contributed by atoms with Gasteiger partial charge in [-0.25, -0.2) is 0 Å². The Balaban J connectivity index is 1.64. The molecule has 0 bridgehead atoms. The normalized spacial score (nSPS) is 15.6. The molecule has 158 valence electrons. The Labute approximate surface area is 185 Å². The summed E-state index contributed by atoms with van der Waals surface area (Å²) in [6.45, 7) is 1.66. The zero-order valence-electron chi connectivity index (χ0n) is 16.5. The van der Waals surface area contributed by atoms with Crippen molar-refractivity contribution in [2.45, 2.75) is 31.6 Å². The molecule has 2 heterocycles. The van der Waals surface area contributed by atoms with Gasteiger partial charge in [-0.3, -0.25) is 20.7 Å². The number of rotatable bonds is 11. The largest absolute Gasteiger partial charge is 0.333 e. The lowest BCUT2D eigenvalue weighted by atomic mass is 10.0. The number of likely N-dealkylation sites (tertiary alicyclic amines) is 1. The fourth-order valence-corrected chi connectivity index (χ4v) is 4.29. The van der Waals surface area contributed by atoms with Crippen molar-refractivity contribution >= 4 is 34.6 Å². The van der Waals surface area contributed by atoms with Gasteiger partial charge >= 0.3 is 0 Å². The lowest BCUT2D eigenvalue weighted by Gasteiger charge is -2.30. The molecule has 4 N–H and O–H groups in total. The molecule has 2 unspecified atom stereocenters. The van der Waals surface area contributed by atoms with Crippen LogP contribution in [0.1, 0.15) is 23.3 Å². The molecular weight excluding hydrogens is 420 g/mol. The highest BCUT2D eigenvalue weighted by Crippen LogP contribution is 2.18. The molecule has 0 aliphatic carbocycles. The first-order chi connectivity index (χ1) is 14.6. The second-order valence-corrected chi connectivity index (χ2v) is 8.48. The molecule has 1 aliphatic rings. The molecule has 7 nitrogen and oxygen atoms in total. The SMILES string of the molecule is N#CNC(NCCc1cccs1)NCC(C(=N)c1ccc(Cl)cc1)N1CCCC1=O. The van der Waals surface area contributed by atoms with Crippen molar-refractivity contribution in [3.8, 4) is 6.19 Å². The van der Waals surface area contributed by atoms with Gasteiger partial charge < -0.3 is 10.3 Å². The number of halogens is 1. The van der Waals surface area contributed by atoms with E-state index in [0.29, 0.717) is 36.8 Å². The van der Waals surface area contributed by atoms with E-state index in [-0.39, 0.29) is 5.91 Å². The van der Waals surface area contributed by atoms with Crippen LogP contribution in [-0.4, -0.2) is 48.5 Å². The molecule has 0 spiro atoms. The highest BCUT2D eigenvalue weighted by atomic mass is 35.5. The van der Waals surface area contributed by atoms with Gasteiger partial charge in [0.05, 0.1) is 11.8 Å². The summed E-state index contributed by atoms with van der Waals surface area (Å²) in [7, 11) is 0. The maximum absolute atomic E-state index is 12.4. The van der Waals surface area contributed by atoms with Gasteiger partial charge in [0, 0.05) is 36.0 Å². The number of amides is 1. The predicted octanol–water partition coefficient (Wildman–Crippen LogP) is 2.54. The van der Waals surface area contributed by atoms with Crippen LogP contribution in [0.3, 0.4) is 0 Å². The Morgan fingerprint density at radius 2 is 2.10 bits per heavy atom. The Morgan fingerprint density at radius 3 is 2.73 bits per heavy atom. The third kappa shape index (κ3) is 6.03. The van der Waals surface area contributed by atoms with Crippen LogP contribution in [0, 0.1) is 16.9 Å². The van der Waals surface area contributed by atoms with Gasteiger partial charge in [-0.05, 0) is 42.0 Å². The lowest BCUT2D eigenvalue weighted by Crippen LogP contribution is -2.57. The number of benzene rings is 1. The monoisotopic (exact) mass is 444 g/mol. The number of thiophene rings is 1. The molecule has 1 aromatic carbocycles. The second kappa shape index (κ2) is 11.1. The van der Waals surface area contributed by atoms with E-state index in [2.05, 4.69) is 22.0 Å². The maximum atomic E-state index is 12.4. The standard InChI is InChI=1S/C21H25ClN6OS/c22-16-7-5-15(6-8-16)20(24)18(28-11-1-4-19(28)29)13-26-21(27-14-23)25-10-9-17-3-2-12-30-17/h2-3,5-8,12,18,21,24-27H,1,4,9-11,13H2. The highest BCUT2D eigenvalue weighted by Gasteiger charge is 2.31. The van der Waals surface area contributed by atoms with E-state index in [1.165, 1.54) is 4.88 Å². The molecular formula is C21H25ClN6OS. The summed E-state index contributed by atoms with van der Waals surface area (Å²) in [4.78, 5) is 15.4. The third-order valence-corrected chi connectivity index (χ3v) is 6.19. The first-order valence-corrected chi connectivity index (χ1v) is 11.1. The van der Waals surface area contributed by atoms with E-state index in [4.69, 9.17) is 22.3 Å². The van der Waals surface area contributed by atoms with Crippen molar-refractivity contribution in [1.82, 2.24) is 20.9 Å².